The summed E-state index contributed by atoms with van der Waals surface area (Å²) in [4.78, 5) is 11.9. The first-order valence-corrected chi connectivity index (χ1v) is 9.10. The van der Waals surface area contributed by atoms with Gasteiger partial charge in [-0.05, 0) is 54.9 Å². The smallest absolute Gasteiger partial charge is 0.315 e. The Morgan fingerprint density at radius 2 is 2.00 bits per heavy atom. The third-order valence-corrected chi connectivity index (χ3v) is 6.15. The van der Waals surface area contributed by atoms with E-state index in [0.717, 1.165) is 37.1 Å². The van der Waals surface area contributed by atoms with Crippen molar-refractivity contribution >= 4 is 17.8 Å². The average Bonchev–Trinajstić information content (AvgIpc) is 3.09. The van der Waals surface area contributed by atoms with Gasteiger partial charge < -0.3 is 10.6 Å². The van der Waals surface area contributed by atoms with Crippen LogP contribution in [0.4, 0.5) is 4.79 Å². The van der Waals surface area contributed by atoms with Gasteiger partial charge in [0.15, 0.2) is 0 Å². The normalized spacial score (nSPS) is 35.1. The molecule has 3 atom stereocenters. The van der Waals surface area contributed by atoms with E-state index in [9.17, 15) is 4.79 Å². The lowest BCUT2D eigenvalue weighted by molar-refractivity contribution is 0.233. The summed E-state index contributed by atoms with van der Waals surface area (Å²) in [6.07, 6.45) is 9.18. The van der Waals surface area contributed by atoms with E-state index in [4.69, 9.17) is 0 Å². The maximum Gasteiger partial charge on any atom is 0.315 e. The van der Waals surface area contributed by atoms with Gasteiger partial charge in [-0.1, -0.05) is 19.3 Å². The topological polar surface area (TPSA) is 41.1 Å². The predicted octanol–water partition coefficient (Wildman–Crippen LogP) is 3.01. The van der Waals surface area contributed by atoms with Crippen LogP contribution in [0, 0.1) is 17.8 Å². The van der Waals surface area contributed by atoms with E-state index in [-0.39, 0.29) is 6.03 Å². The van der Waals surface area contributed by atoms with Crippen molar-refractivity contribution in [3.8, 4) is 0 Å². The summed E-state index contributed by atoms with van der Waals surface area (Å²) in [5.74, 6) is 5.15. The Morgan fingerprint density at radius 1 is 1.11 bits per heavy atom. The monoisotopic (exact) mass is 282 g/mol. The van der Waals surface area contributed by atoms with Crippen LogP contribution in [-0.4, -0.2) is 30.1 Å². The summed E-state index contributed by atoms with van der Waals surface area (Å²) in [5.41, 5.74) is 0. The fourth-order valence-electron chi connectivity index (χ4n) is 3.46. The van der Waals surface area contributed by atoms with Gasteiger partial charge in [-0.3, -0.25) is 0 Å². The zero-order valence-corrected chi connectivity index (χ0v) is 12.5. The molecule has 2 saturated carbocycles. The van der Waals surface area contributed by atoms with Crippen LogP contribution in [0.1, 0.15) is 44.9 Å². The van der Waals surface area contributed by atoms with Crippen molar-refractivity contribution in [2.24, 2.45) is 17.8 Å². The molecule has 1 unspecified atom stereocenters. The number of rotatable bonds is 4. The Balaban J connectivity index is 1.30. The van der Waals surface area contributed by atoms with Gasteiger partial charge >= 0.3 is 6.03 Å². The van der Waals surface area contributed by atoms with Crippen molar-refractivity contribution in [1.82, 2.24) is 10.6 Å². The van der Waals surface area contributed by atoms with Crippen LogP contribution < -0.4 is 10.6 Å². The third-order valence-electron chi connectivity index (χ3n) is 5.04. The summed E-state index contributed by atoms with van der Waals surface area (Å²) >= 11 is 2.02. The highest BCUT2D eigenvalue weighted by Crippen LogP contribution is 2.51. The molecule has 0 aromatic rings. The number of amides is 2. The number of carbonyl (C=O) groups excluding carboxylic acids is 1. The molecule has 1 heterocycles. The molecule has 108 valence electrons. The molecule has 4 heteroatoms. The zero-order chi connectivity index (χ0) is 13.1. The second-order valence-corrected chi connectivity index (χ2v) is 7.67. The van der Waals surface area contributed by atoms with Gasteiger partial charge in [0.1, 0.15) is 0 Å². The standard InChI is InChI=1S/C15H26N2OS/c18-15(17-13-5-2-7-19-8-6-13)16-10-12-9-14(12)11-3-1-4-11/h11-14H,1-10H2,(H2,16,17,18)/t12-,13?,14-/m0/s1. The van der Waals surface area contributed by atoms with Gasteiger partial charge in [-0.25, -0.2) is 4.79 Å². The summed E-state index contributed by atoms with van der Waals surface area (Å²) in [6.45, 7) is 0.897. The summed E-state index contributed by atoms with van der Waals surface area (Å²) in [7, 11) is 0. The van der Waals surface area contributed by atoms with Crippen molar-refractivity contribution < 1.29 is 4.79 Å². The highest BCUT2D eigenvalue weighted by Gasteiger charge is 2.44. The van der Waals surface area contributed by atoms with Crippen LogP contribution >= 0.6 is 11.8 Å². The number of hydrogen-bond donors (Lipinski definition) is 2. The molecule has 0 spiro atoms. The van der Waals surface area contributed by atoms with E-state index in [1.165, 1.54) is 43.6 Å². The van der Waals surface area contributed by atoms with Crippen molar-refractivity contribution in [2.75, 3.05) is 18.1 Å². The van der Waals surface area contributed by atoms with Crippen molar-refractivity contribution in [2.45, 2.75) is 51.0 Å². The maximum atomic E-state index is 11.9. The van der Waals surface area contributed by atoms with Crippen molar-refractivity contribution in [3.05, 3.63) is 0 Å². The van der Waals surface area contributed by atoms with Gasteiger partial charge in [0.05, 0.1) is 0 Å². The molecule has 0 aromatic heterocycles. The predicted molar refractivity (Wildman–Crippen MR) is 80.4 cm³/mol. The maximum absolute atomic E-state index is 11.9. The minimum absolute atomic E-state index is 0.0659. The summed E-state index contributed by atoms with van der Waals surface area (Å²) in [5, 5.41) is 6.24. The Bertz CT molecular complexity index is 311. The Hall–Kier alpha value is -0.380. The lowest BCUT2D eigenvalue weighted by Crippen LogP contribution is -2.43. The van der Waals surface area contributed by atoms with Crippen LogP contribution in [0.2, 0.25) is 0 Å². The van der Waals surface area contributed by atoms with E-state index in [1.54, 1.807) is 0 Å². The minimum Gasteiger partial charge on any atom is -0.338 e. The SMILES string of the molecule is O=C(NC[C@@H]1C[C@H]1C1CCC1)NC1CCCSCC1. The molecule has 0 bridgehead atoms. The van der Waals surface area contributed by atoms with E-state index in [1.807, 2.05) is 11.8 Å². The van der Waals surface area contributed by atoms with E-state index < -0.39 is 0 Å². The van der Waals surface area contributed by atoms with Gasteiger partial charge in [-0.2, -0.15) is 11.8 Å². The van der Waals surface area contributed by atoms with Gasteiger partial charge in [0, 0.05) is 12.6 Å². The molecule has 19 heavy (non-hydrogen) atoms. The molecule has 0 aromatic carbocycles. The van der Waals surface area contributed by atoms with Crippen molar-refractivity contribution in [3.63, 3.8) is 0 Å². The van der Waals surface area contributed by atoms with Gasteiger partial charge in [-0.15, -0.1) is 0 Å². The second-order valence-electron chi connectivity index (χ2n) is 6.45. The molecule has 3 nitrogen and oxygen atoms in total. The number of thioether (sulfide) groups is 1. The molecular weight excluding hydrogens is 256 g/mol. The summed E-state index contributed by atoms with van der Waals surface area (Å²) in [6, 6.07) is 0.466. The first-order valence-electron chi connectivity index (χ1n) is 7.95. The molecule has 2 amide bonds. The number of nitrogens with one attached hydrogen (secondary N) is 2. The lowest BCUT2D eigenvalue weighted by atomic mass is 9.81. The molecule has 3 aliphatic rings. The molecule has 2 N–H and O–H groups in total. The molecule has 3 fully saturated rings. The Morgan fingerprint density at radius 3 is 2.79 bits per heavy atom. The second kappa shape index (κ2) is 6.38. The quantitative estimate of drug-likeness (QED) is 0.832. The molecular formula is C15H26N2OS. The van der Waals surface area contributed by atoms with Gasteiger partial charge in [0.2, 0.25) is 0 Å². The molecule has 1 saturated heterocycles. The fourth-order valence-corrected chi connectivity index (χ4v) is 4.49. The molecule has 0 radical (unpaired) electrons. The van der Waals surface area contributed by atoms with Crippen LogP contribution in [0.3, 0.4) is 0 Å². The number of urea groups is 1. The number of hydrogen-bond acceptors (Lipinski definition) is 2. The minimum atomic E-state index is 0.0659. The highest BCUT2D eigenvalue weighted by molar-refractivity contribution is 7.99. The first-order chi connectivity index (χ1) is 9.33. The first kappa shape index (κ1) is 13.6. The Kier molecular flexibility index (Phi) is 4.57. The fraction of sp³-hybridized carbons (Fsp3) is 0.933. The van der Waals surface area contributed by atoms with Gasteiger partial charge in [0.25, 0.3) is 0 Å². The van der Waals surface area contributed by atoms with Crippen LogP contribution in [0.5, 0.6) is 0 Å². The van der Waals surface area contributed by atoms with E-state index in [0.29, 0.717) is 6.04 Å². The van der Waals surface area contributed by atoms with E-state index >= 15 is 0 Å². The van der Waals surface area contributed by atoms with Crippen LogP contribution in [0.15, 0.2) is 0 Å². The molecule has 3 rings (SSSR count). The van der Waals surface area contributed by atoms with Crippen molar-refractivity contribution in [1.29, 1.82) is 0 Å². The third kappa shape index (κ3) is 3.80. The van der Waals surface area contributed by atoms with Crippen LogP contribution in [-0.2, 0) is 0 Å². The largest absolute Gasteiger partial charge is 0.338 e. The number of carbonyl (C=O) groups is 1. The lowest BCUT2D eigenvalue weighted by Gasteiger charge is -2.25. The van der Waals surface area contributed by atoms with E-state index in [2.05, 4.69) is 10.6 Å². The molecule has 2 aliphatic carbocycles. The zero-order valence-electron chi connectivity index (χ0n) is 11.7. The van der Waals surface area contributed by atoms with Crippen LogP contribution in [0.25, 0.3) is 0 Å². The highest BCUT2D eigenvalue weighted by atomic mass is 32.2. The Labute approximate surface area is 120 Å². The summed E-state index contributed by atoms with van der Waals surface area (Å²) < 4.78 is 0. The molecule has 1 aliphatic heterocycles. The average molecular weight is 282 g/mol.